The van der Waals surface area contributed by atoms with Gasteiger partial charge in [0.15, 0.2) is 5.11 Å². The number of hydrogen-bond donors (Lipinski definition) is 2. The van der Waals surface area contributed by atoms with E-state index < -0.39 is 0 Å². The molecule has 0 fully saturated rings. The number of carbonyl (C=O) groups excluding carboxylic acids is 1. The summed E-state index contributed by atoms with van der Waals surface area (Å²) in [5, 5.41) is 18.9. The van der Waals surface area contributed by atoms with Gasteiger partial charge in [-0.1, -0.05) is 27.3 Å². The third-order valence-electron chi connectivity index (χ3n) is 3.96. The molecule has 0 aliphatic heterocycles. The number of carbonyl (C=O) groups is 1. The topological polar surface area (TPSA) is 93.4 Å². The van der Waals surface area contributed by atoms with Crippen molar-refractivity contribution < 1.29 is 9.53 Å². The monoisotopic (exact) mass is 566 g/mol. The second-order valence-corrected chi connectivity index (χ2v) is 9.05. The zero-order chi connectivity index (χ0) is 21.3. The van der Waals surface area contributed by atoms with Crippen LogP contribution < -0.4 is 15.4 Å². The predicted octanol–water partition coefficient (Wildman–Crippen LogP) is 4.51. The third kappa shape index (κ3) is 4.36. The van der Waals surface area contributed by atoms with Crippen LogP contribution in [0.5, 0.6) is 5.75 Å². The van der Waals surface area contributed by atoms with Gasteiger partial charge in [-0.2, -0.15) is 9.61 Å². The van der Waals surface area contributed by atoms with Crippen molar-refractivity contribution in [3.63, 3.8) is 0 Å². The molecule has 0 saturated heterocycles. The van der Waals surface area contributed by atoms with Gasteiger partial charge in [-0.05, 0) is 64.5 Å². The van der Waals surface area contributed by atoms with E-state index in [0.717, 1.165) is 25.7 Å². The van der Waals surface area contributed by atoms with Crippen molar-refractivity contribution in [3.05, 3.63) is 57.2 Å². The van der Waals surface area contributed by atoms with Gasteiger partial charge in [-0.15, -0.1) is 10.2 Å². The van der Waals surface area contributed by atoms with Crippen molar-refractivity contribution in [2.45, 2.75) is 0 Å². The lowest BCUT2D eigenvalue weighted by Gasteiger charge is -2.13. The van der Waals surface area contributed by atoms with Crippen LogP contribution in [0.3, 0.4) is 0 Å². The standard InChI is InChI=1S/C18H12Br2N6O2S2/c1-28-14-12(6-10(19)7-13(14)20)15(27)23-17(29)22-11-4-2-9(3-5-11)16-25-26-8-21-24-18(26)30-16/h2-8H,1H3,(H2,22,23,27,29). The number of hydrogen-bond acceptors (Lipinski definition) is 7. The van der Waals surface area contributed by atoms with E-state index in [9.17, 15) is 4.79 Å². The highest BCUT2D eigenvalue weighted by Gasteiger charge is 2.17. The number of benzene rings is 2. The van der Waals surface area contributed by atoms with Gasteiger partial charge in [-0.25, -0.2) is 0 Å². The summed E-state index contributed by atoms with van der Waals surface area (Å²) in [4.78, 5) is 13.4. The Hall–Kier alpha value is -2.41. The van der Waals surface area contributed by atoms with Crippen LogP contribution in [0.15, 0.2) is 51.7 Å². The van der Waals surface area contributed by atoms with Gasteiger partial charge in [0.1, 0.15) is 17.1 Å². The number of amides is 1. The molecule has 0 spiro atoms. The molecule has 0 saturated carbocycles. The number of halogens is 2. The molecule has 1 amide bonds. The molecule has 12 heteroatoms. The SMILES string of the molecule is COc1c(Br)cc(Br)cc1C(=O)NC(=S)Nc1ccc(-c2nn3cnnc3s2)cc1. The molecule has 30 heavy (non-hydrogen) atoms. The van der Waals surface area contributed by atoms with Crippen molar-refractivity contribution in [2.24, 2.45) is 0 Å². The number of anilines is 1. The number of ether oxygens (including phenoxy) is 1. The minimum Gasteiger partial charge on any atom is -0.495 e. The molecule has 0 aliphatic carbocycles. The zero-order valence-electron chi connectivity index (χ0n) is 15.2. The van der Waals surface area contributed by atoms with Crippen molar-refractivity contribution in [1.82, 2.24) is 25.1 Å². The van der Waals surface area contributed by atoms with E-state index in [0.29, 0.717) is 15.8 Å². The smallest absolute Gasteiger partial charge is 0.261 e. The summed E-state index contributed by atoms with van der Waals surface area (Å²) in [7, 11) is 1.50. The minimum absolute atomic E-state index is 0.171. The zero-order valence-corrected chi connectivity index (χ0v) is 20.0. The number of nitrogens with one attached hydrogen (secondary N) is 2. The first-order valence-electron chi connectivity index (χ1n) is 8.37. The van der Waals surface area contributed by atoms with Crippen LogP contribution in [0.25, 0.3) is 15.5 Å². The van der Waals surface area contributed by atoms with Gasteiger partial charge in [0.2, 0.25) is 4.96 Å². The Balaban J connectivity index is 1.44. The van der Waals surface area contributed by atoms with Gasteiger partial charge >= 0.3 is 0 Å². The predicted molar refractivity (Wildman–Crippen MR) is 126 cm³/mol. The van der Waals surface area contributed by atoms with E-state index in [1.54, 1.807) is 23.0 Å². The highest BCUT2D eigenvalue weighted by Crippen LogP contribution is 2.32. The molecule has 152 valence electrons. The maximum atomic E-state index is 12.6. The summed E-state index contributed by atoms with van der Waals surface area (Å²) in [5.74, 6) is 0.0376. The molecule has 2 heterocycles. The van der Waals surface area contributed by atoms with E-state index >= 15 is 0 Å². The van der Waals surface area contributed by atoms with E-state index in [4.69, 9.17) is 17.0 Å². The largest absolute Gasteiger partial charge is 0.495 e. The van der Waals surface area contributed by atoms with Crippen molar-refractivity contribution in [1.29, 1.82) is 0 Å². The van der Waals surface area contributed by atoms with Crippen LogP contribution >= 0.6 is 55.4 Å². The Kier molecular flexibility index (Phi) is 6.09. The quantitative estimate of drug-likeness (QED) is 0.350. The molecule has 4 rings (SSSR count). The van der Waals surface area contributed by atoms with Gasteiger partial charge < -0.3 is 10.1 Å². The summed E-state index contributed by atoms with van der Waals surface area (Å²) >= 11 is 13.5. The average Bonchev–Trinajstić information content (AvgIpc) is 3.30. The summed E-state index contributed by atoms with van der Waals surface area (Å²) in [6.07, 6.45) is 1.56. The van der Waals surface area contributed by atoms with Crippen LogP contribution in [0.1, 0.15) is 10.4 Å². The number of fused-ring (bicyclic) bond motifs is 1. The Morgan fingerprint density at radius 2 is 2.00 bits per heavy atom. The molecule has 2 N–H and O–H groups in total. The molecule has 0 aliphatic rings. The maximum absolute atomic E-state index is 12.6. The van der Waals surface area contributed by atoms with Gasteiger partial charge in [0.25, 0.3) is 5.91 Å². The number of rotatable bonds is 4. The lowest BCUT2D eigenvalue weighted by atomic mass is 10.2. The Morgan fingerprint density at radius 3 is 2.70 bits per heavy atom. The maximum Gasteiger partial charge on any atom is 0.261 e. The highest BCUT2D eigenvalue weighted by atomic mass is 79.9. The average molecular weight is 568 g/mol. The molecule has 0 atom stereocenters. The number of thiocarbonyl (C=S) groups is 1. The first-order valence-corrected chi connectivity index (χ1v) is 11.2. The summed E-state index contributed by atoms with van der Waals surface area (Å²) in [6.45, 7) is 0. The lowest BCUT2D eigenvalue weighted by molar-refractivity contribution is 0.0974. The Bertz CT molecular complexity index is 1230. The highest BCUT2D eigenvalue weighted by molar-refractivity contribution is 9.11. The number of methoxy groups -OCH3 is 1. The van der Waals surface area contributed by atoms with Gasteiger partial charge in [0, 0.05) is 15.7 Å². The number of aromatic nitrogens is 4. The minimum atomic E-state index is -0.386. The fourth-order valence-electron chi connectivity index (χ4n) is 2.64. The van der Waals surface area contributed by atoms with Crippen LogP contribution in [0.4, 0.5) is 5.69 Å². The molecule has 0 bridgehead atoms. The normalized spacial score (nSPS) is 10.8. The summed E-state index contributed by atoms with van der Waals surface area (Å²) in [6, 6.07) is 11.0. The van der Waals surface area contributed by atoms with Crippen LogP contribution in [0, 0.1) is 0 Å². The van der Waals surface area contributed by atoms with Crippen molar-refractivity contribution >= 4 is 77.1 Å². The molecule has 2 aromatic carbocycles. The van der Waals surface area contributed by atoms with Crippen molar-refractivity contribution in [2.75, 3.05) is 12.4 Å². The second-order valence-electron chi connectivity index (χ2n) is 5.92. The van der Waals surface area contributed by atoms with E-state index in [1.165, 1.54) is 18.4 Å². The molecule has 0 unspecified atom stereocenters. The molecule has 4 aromatic rings. The van der Waals surface area contributed by atoms with E-state index in [-0.39, 0.29) is 11.0 Å². The van der Waals surface area contributed by atoms with Gasteiger partial charge in [0.05, 0.1) is 17.1 Å². The van der Waals surface area contributed by atoms with Crippen LogP contribution in [-0.4, -0.2) is 37.9 Å². The van der Waals surface area contributed by atoms with Gasteiger partial charge in [-0.3, -0.25) is 10.1 Å². The Labute approximate surface area is 196 Å². The molecule has 2 aromatic heterocycles. The van der Waals surface area contributed by atoms with Crippen LogP contribution in [-0.2, 0) is 0 Å². The Morgan fingerprint density at radius 1 is 1.23 bits per heavy atom. The summed E-state index contributed by atoms with van der Waals surface area (Å²) < 4.78 is 8.34. The second kappa shape index (κ2) is 8.76. The molecule has 8 nitrogen and oxygen atoms in total. The lowest BCUT2D eigenvalue weighted by Crippen LogP contribution is -2.34. The first-order chi connectivity index (χ1) is 14.4. The van der Waals surface area contributed by atoms with E-state index in [2.05, 4.69) is 57.8 Å². The van der Waals surface area contributed by atoms with Crippen molar-refractivity contribution in [3.8, 4) is 16.3 Å². The third-order valence-corrected chi connectivity index (χ3v) is 6.17. The first kappa shape index (κ1) is 20.8. The molecule has 0 radical (unpaired) electrons. The fraction of sp³-hybridized carbons (Fsp3) is 0.0556. The molecular formula is C18H12Br2N6O2S2. The fourth-order valence-corrected chi connectivity index (χ4v) is 5.06. The van der Waals surface area contributed by atoms with E-state index in [1.807, 2.05) is 24.3 Å². The number of nitrogens with zero attached hydrogens (tertiary/aromatic N) is 4. The summed E-state index contributed by atoms with van der Waals surface area (Å²) in [5.41, 5.74) is 2.02. The molecular weight excluding hydrogens is 556 g/mol. The van der Waals surface area contributed by atoms with Crippen LogP contribution in [0.2, 0.25) is 0 Å².